The number of hydrogen-bond donors (Lipinski definition) is 2. The number of benzene rings is 1. The van der Waals surface area contributed by atoms with Crippen molar-refractivity contribution < 1.29 is 9.32 Å². The quantitative estimate of drug-likeness (QED) is 0.628. The zero-order valence-electron chi connectivity index (χ0n) is 19.9. The predicted molar refractivity (Wildman–Crippen MR) is 136 cm³/mol. The number of fused-ring (bicyclic) bond motifs is 3. The first-order valence-corrected chi connectivity index (χ1v) is 14.0. The van der Waals surface area contributed by atoms with Crippen molar-refractivity contribution in [2.75, 3.05) is 29.9 Å². The monoisotopic (exact) mass is 500 g/mol. The summed E-state index contributed by atoms with van der Waals surface area (Å²) in [5, 5.41) is 14.4. The van der Waals surface area contributed by atoms with Gasteiger partial charge in [0.05, 0.1) is 33.4 Å². The number of rotatable bonds is 5. The number of nitrogens with zero attached hydrogens (tertiary/aromatic N) is 3. The average molecular weight is 501 g/mol. The number of halogens is 1. The molecule has 0 spiro atoms. The zero-order valence-corrected chi connectivity index (χ0v) is 21.5. The van der Waals surface area contributed by atoms with Crippen LogP contribution in [0.2, 0.25) is 5.02 Å². The molecule has 2 aliphatic carbocycles. The Labute approximate surface area is 209 Å². The molecule has 6 rings (SSSR count). The van der Waals surface area contributed by atoms with E-state index in [4.69, 9.17) is 21.6 Å². The molecular weight excluding hydrogens is 468 g/mol. The van der Waals surface area contributed by atoms with Crippen molar-refractivity contribution in [3.05, 3.63) is 40.5 Å². The van der Waals surface area contributed by atoms with Crippen LogP contribution in [-0.2, 0) is 17.2 Å². The second-order valence-electron chi connectivity index (χ2n) is 11.4. The molecule has 182 valence electrons. The summed E-state index contributed by atoms with van der Waals surface area (Å²) in [6, 6.07) is 8.38. The minimum absolute atomic E-state index is 0.0633. The van der Waals surface area contributed by atoms with Crippen molar-refractivity contribution >= 4 is 34.2 Å². The van der Waals surface area contributed by atoms with Gasteiger partial charge in [0.25, 0.3) is 0 Å². The van der Waals surface area contributed by atoms with E-state index in [1.165, 1.54) is 18.4 Å². The fourth-order valence-electron chi connectivity index (χ4n) is 6.56. The first-order chi connectivity index (χ1) is 16.3. The van der Waals surface area contributed by atoms with Gasteiger partial charge in [-0.2, -0.15) is 4.98 Å². The third-order valence-corrected chi connectivity index (χ3v) is 10.8. The van der Waals surface area contributed by atoms with Crippen molar-refractivity contribution in [3.63, 3.8) is 0 Å². The van der Waals surface area contributed by atoms with E-state index in [9.17, 15) is 9.32 Å². The highest BCUT2D eigenvalue weighted by Crippen LogP contribution is 2.49. The Balaban J connectivity index is 1.32. The van der Waals surface area contributed by atoms with Crippen LogP contribution in [0.5, 0.6) is 0 Å². The Kier molecular flexibility index (Phi) is 5.47. The molecule has 1 saturated heterocycles. The van der Waals surface area contributed by atoms with Gasteiger partial charge in [0.15, 0.2) is 0 Å². The van der Waals surface area contributed by atoms with Crippen molar-refractivity contribution in [1.82, 2.24) is 9.97 Å². The third kappa shape index (κ3) is 3.66. The van der Waals surface area contributed by atoms with Crippen molar-refractivity contribution in [3.8, 4) is 0 Å². The molecule has 2 bridgehead atoms. The Morgan fingerprint density at radius 2 is 1.82 bits per heavy atom. The molecule has 3 heterocycles. The summed E-state index contributed by atoms with van der Waals surface area (Å²) in [6.45, 7) is 6.00. The van der Waals surface area contributed by atoms with E-state index in [1.54, 1.807) is 0 Å². The van der Waals surface area contributed by atoms with Crippen LogP contribution in [0, 0.1) is 11.8 Å². The van der Waals surface area contributed by atoms with Crippen LogP contribution < -0.4 is 10.2 Å². The van der Waals surface area contributed by atoms with Gasteiger partial charge in [-0.3, -0.25) is 4.21 Å². The molecule has 1 aromatic carbocycles. The lowest BCUT2D eigenvalue weighted by molar-refractivity contribution is 0.143. The highest BCUT2D eigenvalue weighted by molar-refractivity contribution is 7.87. The van der Waals surface area contributed by atoms with E-state index in [0.29, 0.717) is 30.0 Å². The van der Waals surface area contributed by atoms with Crippen LogP contribution in [0.3, 0.4) is 0 Å². The highest BCUT2D eigenvalue weighted by atomic mass is 35.5. The van der Waals surface area contributed by atoms with E-state index in [-0.39, 0.29) is 16.9 Å². The maximum absolute atomic E-state index is 13.4. The fourth-order valence-corrected chi connectivity index (χ4v) is 8.11. The van der Waals surface area contributed by atoms with Crippen LogP contribution in [0.15, 0.2) is 29.2 Å². The van der Waals surface area contributed by atoms with Crippen LogP contribution in [0.1, 0.15) is 63.1 Å². The average Bonchev–Trinajstić information content (AvgIpc) is 3.18. The fraction of sp³-hybridized carbons (Fsp3) is 0.615. The zero-order chi connectivity index (χ0) is 23.7. The minimum atomic E-state index is -1.18. The Hall–Kier alpha value is -1.70. The number of piperidine rings is 1. The normalized spacial score (nSPS) is 30.6. The van der Waals surface area contributed by atoms with Crippen LogP contribution in [0.25, 0.3) is 0 Å². The number of nitrogens with one attached hydrogen (secondary N) is 1. The molecule has 2 aromatic rings. The van der Waals surface area contributed by atoms with Gasteiger partial charge >= 0.3 is 0 Å². The number of aliphatic hydroxyl groups is 1. The van der Waals surface area contributed by atoms with Gasteiger partial charge < -0.3 is 15.3 Å². The van der Waals surface area contributed by atoms with Crippen LogP contribution in [-0.4, -0.2) is 49.3 Å². The van der Waals surface area contributed by atoms with Gasteiger partial charge in [-0.05, 0) is 81.4 Å². The number of aromatic nitrogens is 2. The first kappa shape index (κ1) is 22.7. The molecular formula is C26H33ClN4O2S. The Morgan fingerprint density at radius 3 is 2.41 bits per heavy atom. The molecule has 1 aromatic heterocycles. The molecule has 6 nitrogen and oxygen atoms in total. The Morgan fingerprint density at radius 1 is 1.15 bits per heavy atom. The Bertz CT molecular complexity index is 1110. The van der Waals surface area contributed by atoms with Gasteiger partial charge in [0, 0.05) is 24.5 Å². The van der Waals surface area contributed by atoms with Crippen molar-refractivity contribution in [2.24, 2.45) is 11.8 Å². The summed E-state index contributed by atoms with van der Waals surface area (Å²) in [7, 11) is -1.18. The van der Waals surface area contributed by atoms with Crippen LogP contribution in [0.4, 0.5) is 11.8 Å². The maximum atomic E-state index is 13.4. The van der Waals surface area contributed by atoms with Crippen molar-refractivity contribution in [2.45, 2.75) is 73.5 Å². The molecule has 0 amide bonds. The number of hydrogen-bond acceptors (Lipinski definition) is 6. The first-order valence-electron chi connectivity index (χ1n) is 12.5. The van der Waals surface area contributed by atoms with Crippen molar-refractivity contribution in [1.29, 1.82) is 0 Å². The summed E-state index contributed by atoms with van der Waals surface area (Å²) in [5.74, 6) is 3.10. The molecule has 34 heavy (non-hydrogen) atoms. The summed E-state index contributed by atoms with van der Waals surface area (Å²) in [6.07, 6.45) is 6.02. The number of aliphatic hydroxyl groups excluding tert-OH is 1. The second kappa shape index (κ2) is 8.17. The van der Waals surface area contributed by atoms with E-state index in [0.717, 1.165) is 53.9 Å². The lowest BCUT2D eigenvalue weighted by atomic mass is 9.77. The topological polar surface area (TPSA) is 78.3 Å². The molecule has 2 saturated carbocycles. The molecule has 0 radical (unpaired) electrons. The molecule has 2 N–H and O–H groups in total. The smallest absolute Gasteiger partial charge is 0.227 e. The molecule has 2 aliphatic heterocycles. The standard InChI is InChI=1S/C26H33ClN4O2S/c1-25(2)12-20-22(34(25)33)23(30-26(15-32)10-3-11-26)29-24(28-20)31-13-17-4-5-18(14-31)21(17)16-6-8-19(27)9-7-16/h6-9,17-18,21,32H,3-5,10-15H2,1-2H3,(H,28,29,30). The van der Waals surface area contributed by atoms with Gasteiger partial charge in [0.1, 0.15) is 10.7 Å². The van der Waals surface area contributed by atoms with Gasteiger partial charge in [-0.25, -0.2) is 4.98 Å². The lowest BCUT2D eigenvalue weighted by Gasteiger charge is -2.42. The third-order valence-electron chi connectivity index (χ3n) is 8.57. The summed E-state index contributed by atoms with van der Waals surface area (Å²) in [4.78, 5) is 13.1. The second-order valence-corrected chi connectivity index (χ2v) is 13.8. The van der Waals surface area contributed by atoms with Gasteiger partial charge in [-0.15, -0.1) is 0 Å². The minimum Gasteiger partial charge on any atom is -0.394 e. The summed E-state index contributed by atoms with van der Waals surface area (Å²) >= 11 is 6.14. The van der Waals surface area contributed by atoms with E-state index in [2.05, 4.69) is 22.3 Å². The summed E-state index contributed by atoms with van der Waals surface area (Å²) < 4.78 is 13.0. The predicted octanol–water partition coefficient (Wildman–Crippen LogP) is 4.53. The molecule has 3 atom stereocenters. The highest BCUT2D eigenvalue weighted by Gasteiger charge is 2.46. The van der Waals surface area contributed by atoms with Gasteiger partial charge in [-0.1, -0.05) is 23.7 Å². The molecule has 4 aliphatic rings. The SMILES string of the molecule is CC1(C)Cc2nc(N3CC4CCC(C3)C4c3ccc(Cl)cc3)nc(NC3(CO)CCC3)c2S1=O. The van der Waals surface area contributed by atoms with Crippen LogP contribution >= 0.6 is 11.6 Å². The lowest BCUT2D eigenvalue weighted by Crippen LogP contribution is -2.49. The van der Waals surface area contributed by atoms with E-state index in [1.807, 2.05) is 26.0 Å². The number of anilines is 2. The maximum Gasteiger partial charge on any atom is 0.227 e. The largest absolute Gasteiger partial charge is 0.394 e. The molecule has 8 heteroatoms. The van der Waals surface area contributed by atoms with E-state index >= 15 is 0 Å². The molecule has 3 unspecified atom stereocenters. The van der Waals surface area contributed by atoms with E-state index < -0.39 is 10.8 Å². The molecule has 3 fully saturated rings. The summed E-state index contributed by atoms with van der Waals surface area (Å²) in [5.41, 5.74) is 1.94. The van der Waals surface area contributed by atoms with Gasteiger partial charge in [0.2, 0.25) is 5.95 Å².